The van der Waals surface area contributed by atoms with Gasteiger partial charge in [-0.15, -0.1) is 0 Å². The highest BCUT2D eigenvalue weighted by molar-refractivity contribution is 5.82. The van der Waals surface area contributed by atoms with Gasteiger partial charge < -0.3 is 10.1 Å². The number of aromatic nitrogens is 1. The van der Waals surface area contributed by atoms with Crippen LogP contribution in [0.3, 0.4) is 0 Å². The van der Waals surface area contributed by atoms with E-state index in [2.05, 4.69) is 9.83 Å². The van der Waals surface area contributed by atoms with Crippen molar-refractivity contribution in [3.05, 3.63) is 82.2 Å². The molecule has 0 saturated carbocycles. The minimum Gasteiger partial charge on any atom is -0.503 e. The van der Waals surface area contributed by atoms with E-state index in [1.165, 1.54) is 18.2 Å². The molecule has 1 aromatic heterocycles. The van der Waals surface area contributed by atoms with Gasteiger partial charge in [-0.25, -0.2) is 9.24 Å². The second-order valence-corrected chi connectivity index (χ2v) is 4.94. The molecule has 2 N–H and O–H groups in total. The van der Waals surface area contributed by atoms with Gasteiger partial charge in [-0.05, 0) is 29.3 Å². The van der Waals surface area contributed by atoms with Crippen LogP contribution >= 0.6 is 0 Å². The van der Waals surface area contributed by atoms with Crippen molar-refractivity contribution in [1.29, 1.82) is 0 Å². The molecule has 3 rings (SSSR count). The molecule has 23 heavy (non-hydrogen) atoms. The molecule has 112 valence electrons. The van der Waals surface area contributed by atoms with E-state index in [-0.39, 0.29) is 5.82 Å². The molecule has 0 aliphatic heterocycles. The molecule has 5 heteroatoms. The summed E-state index contributed by atoms with van der Waals surface area (Å²) in [6.45, 7) is 6.98. The van der Waals surface area contributed by atoms with E-state index < -0.39 is 11.3 Å². The molecule has 0 amide bonds. The molecule has 4 nitrogen and oxygen atoms in total. The highest BCUT2D eigenvalue weighted by Gasteiger charge is 2.12. The summed E-state index contributed by atoms with van der Waals surface area (Å²) < 4.78 is 13.1. The molecule has 1 heterocycles. The molecule has 0 bridgehead atoms. The summed E-state index contributed by atoms with van der Waals surface area (Å²) in [5, 5.41) is 9.71. The first-order valence-electron chi connectivity index (χ1n) is 6.78. The van der Waals surface area contributed by atoms with Crippen LogP contribution < -0.4 is 5.56 Å². The molecule has 0 aliphatic rings. The summed E-state index contributed by atoms with van der Waals surface area (Å²) in [5.74, 6) is -0.781. The van der Waals surface area contributed by atoms with E-state index in [9.17, 15) is 14.3 Å². The molecular weight excluding hydrogens is 295 g/mol. The second kappa shape index (κ2) is 5.78. The van der Waals surface area contributed by atoms with Crippen LogP contribution in [0.1, 0.15) is 0 Å². The van der Waals surface area contributed by atoms with Crippen LogP contribution in [0.2, 0.25) is 0 Å². The quantitative estimate of drug-likeness (QED) is 0.700. The Hall–Kier alpha value is -3.39. The third-order valence-electron chi connectivity index (χ3n) is 3.46. The van der Waals surface area contributed by atoms with Gasteiger partial charge in [-0.2, -0.15) is 0 Å². The van der Waals surface area contributed by atoms with Crippen molar-refractivity contribution in [3.63, 3.8) is 0 Å². The van der Waals surface area contributed by atoms with Crippen molar-refractivity contribution in [1.82, 2.24) is 4.98 Å². The minimum absolute atomic E-state index is 0.370. The Kier molecular flexibility index (Phi) is 3.65. The van der Waals surface area contributed by atoms with Gasteiger partial charge >= 0.3 is 0 Å². The van der Waals surface area contributed by atoms with Gasteiger partial charge in [0.1, 0.15) is 5.82 Å². The number of nitrogens with one attached hydrogen (secondary N) is 1. The number of aromatic hydroxyl groups is 1. The molecule has 0 saturated heterocycles. The number of nitrogens with zero attached hydrogens (tertiary/aromatic N) is 1. The van der Waals surface area contributed by atoms with Gasteiger partial charge in [-0.1, -0.05) is 36.4 Å². The Labute approximate surface area is 131 Å². The largest absolute Gasteiger partial charge is 0.503 e. The number of hydrogen-bond acceptors (Lipinski definition) is 2. The number of halogens is 1. The highest BCUT2D eigenvalue weighted by Crippen LogP contribution is 2.32. The summed E-state index contributed by atoms with van der Waals surface area (Å²) in [6, 6.07) is 13.8. The van der Waals surface area contributed by atoms with E-state index in [1.807, 2.05) is 0 Å². The minimum atomic E-state index is -0.611. The predicted molar refractivity (Wildman–Crippen MR) is 85.8 cm³/mol. The molecule has 2 aromatic carbocycles. The Morgan fingerprint density at radius 1 is 1.00 bits per heavy atom. The SMILES string of the molecule is [C-]#[N+]c1ccc(-c2[nH]c(=O)c(O)cc2-c2ccc(F)cc2)cc1. The normalized spacial score (nSPS) is 10.3. The lowest BCUT2D eigenvalue weighted by molar-refractivity contribution is 0.467. The average Bonchev–Trinajstić information content (AvgIpc) is 2.58. The number of hydrogen-bond donors (Lipinski definition) is 2. The first-order valence-corrected chi connectivity index (χ1v) is 6.78. The lowest BCUT2D eigenvalue weighted by atomic mass is 9.99. The van der Waals surface area contributed by atoms with Crippen molar-refractivity contribution >= 4 is 5.69 Å². The van der Waals surface area contributed by atoms with Gasteiger partial charge in [0.05, 0.1) is 12.3 Å². The summed E-state index contributed by atoms with van der Waals surface area (Å²) in [7, 11) is 0. The third-order valence-corrected chi connectivity index (χ3v) is 3.46. The summed E-state index contributed by atoms with van der Waals surface area (Å²) in [4.78, 5) is 17.7. The van der Waals surface area contributed by atoms with E-state index in [4.69, 9.17) is 6.57 Å². The standard InChI is InChI=1S/C18H11FN2O2/c1-20-14-8-4-12(5-9-14)17-15(10-16(22)18(23)21-17)11-2-6-13(19)7-3-11/h2-10,22H,(H,21,23). The van der Waals surface area contributed by atoms with Crippen molar-refractivity contribution in [2.75, 3.05) is 0 Å². The number of rotatable bonds is 2. The van der Waals surface area contributed by atoms with Gasteiger partial charge in [-0.3, -0.25) is 4.79 Å². The number of H-pyrrole nitrogens is 1. The zero-order valence-corrected chi connectivity index (χ0v) is 11.9. The molecule has 0 fully saturated rings. The fourth-order valence-electron chi connectivity index (χ4n) is 2.31. The van der Waals surface area contributed by atoms with E-state index >= 15 is 0 Å². The molecule has 0 atom stereocenters. The van der Waals surface area contributed by atoms with Crippen molar-refractivity contribution in [2.24, 2.45) is 0 Å². The van der Waals surface area contributed by atoms with Crippen LogP contribution in [0.25, 0.3) is 27.2 Å². The zero-order chi connectivity index (χ0) is 16.4. The Bertz CT molecular complexity index is 952. The maximum atomic E-state index is 13.1. The number of pyridine rings is 1. The van der Waals surface area contributed by atoms with Gasteiger partial charge in [0, 0.05) is 5.56 Å². The smallest absolute Gasteiger partial charge is 0.290 e. The van der Waals surface area contributed by atoms with Crippen LogP contribution in [0.15, 0.2) is 59.4 Å². The monoisotopic (exact) mass is 306 g/mol. The van der Waals surface area contributed by atoms with Crippen molar-refractivity contribution < 1.29 is 9.50 Å². The van der Waals surface area contributed by atoms with E-state index in [0.717, 1.165) is 0 Å². The van der Waals surface area contributed by atoms with Crippen LogP contribution in [-0.2, 0) is 0 Å². The lowest BCUT2D eigenvalue weighted by Crippen LogP contribution is -2.07. The maximum absolute atomic E-state index is 13.1. The van der Waals surface area contributed by atoms with Crippen LogP contribution in [0, 0.1) is 12.4 Å². The molecule has 3 aromatic rings. The number of aromatic amines is 1. The van der Waals surface area contributed by atoms with Gasteiger partial charge in [0.25, 0.3) is 5.56 Å². The summed E-state index contributed by atoms with van der Waals surface area (Å²) in [6.07, 6.45) is 0. The van der Waals surface area contributed by atoms with Crippen molar-refractivity contribution in [2.45, 2.75) is 0 Å². The predicted octanol–water partition coefficient (Wildman–Crippen LogP) is 4.10. The fourth-order valence-corrected chi connectivity index (χ4v) is 2.31. The molecule has 0 aliphatic carbocycles. The number of benzene rings is 2. The summed E-state index contributed by atoms with van der Waals surface area (Å²) in [5.41, 5.74) is 2.28. The zero-order valence-electron chi connectivity index (χ0n) is 11.9. The van der Waals surface area contributed by atoms with E-state index in [0.29, 0.717) is 28.1 Å². The summed E-state index contributed by atoms with van der Waals surface area (Å²) >= 11 is 0. The van der Waals surface area contributed by atoms with Crippen LogP contribution in [0.5, 0.6) is 5.75 Å². The van der Waals surface area contributed by atoms with Crippen LogP contribution in [0.4, 0.5) is 10.1 Å². The molecular formula is C18H11FN2O2. The first kappa shape index (κ1) is 14.5. The van der Waals surface area contributed by atoms with Gasteiger partial charge in [0.2, 0.25) is 0 Å². The first-order chi connectivity index (χ1) is 11.1. The fraction of sp³-hybridized carbons (Fsp3) is 0. The Balaban J connectivity index is 2.22. The highest BCUT2D eigenvalue weighted by atomic mass is 19.1. The molecule has 0 spiro atoms. The Morgan fingerprint density at radius 2 is 1.61 bits per heavy atom. The molecule has 0 radical (unpaired) electrons. The van der Waals surface area contributed by atoms with Crippen LogP contribution in [-0.4, -0.2) is 10.1 Å². The topological polar surface area (TPSA) is 57.5 Å². The third kappa shape index (κ3) is 2.83. The van der Waals surface area contributed by atoms with E-state index in [1.54, 1.807) is 36.4 Å². The van der Waals surface area contributed by atoms with Crippen molar-refractivity contribution in [3.8, 4) is 28.1 Å². The molecule has 0 unspecified atom stereocenters. The second-order valence-electron chi connectivity index (χ2n) is 4.94. The Morgan fingerprint density at radius 3 is 2.22 bits per heavy atom. The lowest BCUT2D eigenvalue weighted by Gasteiger charge is -2.11. The maximum Gasteiger partial charge on any atom is 0.290 e. The van der Waals surface area contributed by atoms with Gasteiger partial charge in [0.15, 0.2) is 11.4 Å². The average molecular weight is 306 g/mol.